The van der Waals surface area contributed by atoms with Crippen LogP contribution in [0.5, 0.6) is 5.75 Å². The van der Waals surface area contributed by atoms with Crippen LogP contribution in [0.2, 0.25) is 0 Å². The molecule has 0 saturated heterocycles. The molecule has 0 amide bonds. The van der Waals surface area contributed by atoms with Gasteiger partial charge in [0, 0.05) is 10.9 Å². The van der Waals surface area contributed by atoms with Gasteiger partial charge in [-0.25, -0.2) is 4.68 Å². The third-order valence-corrected chi connectivity index (χ3v) is 5.38. The van der Waals surface area contributed by atoms with E-state index in [9.17, 15) is 0 Å². The van der Waals surface area contributed by atoms with E-state index in [0.717, 1.165) is 32.4 Å². The smallest absolute Gasteiger partial charge is 0.206 e. The Hall–Kier alpha value is -2.44. The first-order valence-corrected chi connectivity index (χ1v) is 9.55. The second kappa shape index (κ2) is 8.09. The van der Waals surface area contributed by atoms with Crippen molar-refractivity contribution in [2.75, 3.05) is 13.7 Å². The number of aromatic nitrogens is 1. The minimum atomic E-state index is 0.555. The summed E-state index contributed by atoms with van der Waals surface area (Å²) in [6.07, 6.45) is 1.78. The molecule has 1 aromatic carbocycles. The van der Waals surface area contributed by atoms with Crippen molar-refractivity contribution in [3.05, 3.63) is 69.5 Å². The van der Waals surface area contributed by atoms with Gasteiger partial charge in [-0.3, -0.25) is 4.99 Å². The van der Waals surface area contributed by atoms with E-state index in [1.54, 1.807) is 35.9 Å². The van der Waals surface area contributed by atoms with Gasteiger partial charge in [0.15, 0.2) is 0 Å². The number of para-hydroxylation sites is 1. The van der Waals surface area contributed by atoms with E-state index in [4.69, 9.17) is 9.84 Å². The SMILES string of the molecule is C=CCN=c1scc(-c2ccccc2OC)n1N=C(C)c1cccs1. The first kappa shape index (κ1) is 17.4. The number of thiophene rings is 1. The number of ether oxygens (including phenoxy) is 1. The molecular weight excluding hydrogens is 350 g/mol. The molecule has 0 aliphatic rings. The molecule has 25 heavy (non-hydrogen) atoms. The highest BCUT2D eigenvalue weighted by Gasteiger charge is 2.12. The third-order valence-electron chi connectivity index (χ3n) is 3.55. The molecule has 0 aliphatic carbocycles. The summed E-state index contributed by atoms with van der Waals surface area (Å²) in [7, 11) is 1.68. The standard InChI is InChI=1S/C19H19N3OS2/c1-4-11-20-19-22(21-14(2)18-10-7-12-24-18)16(13-25-19)15-8-5-6-9-17(15)23-3/h4-10,12-13H,1,11H2,2-3H3. The summed E-state index contributed by atoms with van der Waals surface area (Å²) in [5.41, 5.74) is 2.90. The van der Waals surface area contributed by atoms with Crippen molar-refractivity contribution in [2.45, 2.75) is 6.92 Å². The topological polar surface area (TPSA) is 38.9 Å². The molecule has 0 spiro atoms. The van der Waals surface area contributed by atoms with Gasteiger partial charge in [0.05, 0.1) is 29.9 Å². The fourth-order valence-electron chi connectivity index (χ4n) is 2.37. The van der Waals surface area contributed by atoms with Crippen LogP contribution in [0.25, 0.3) is 11.3 Å². The third kappa shape index (κ3) is 3.81. The lowest BCUT2D eigenvalue weighted by Crippen LogP contribution is -2.14. The summed E-state index contributed by atoms with van der Waals surface area (Å²) in [5, 5.41) is 8.95. The van der Waals surface area contributed by atoms with E-state index >= 15 is 0 Å². The normalized spacial score (nSPS) is 12.4. The molecule has 0 bridgehead atoms. The van der Waals surface area contributed by atoms with Crippen LogP contribution in [-0.4, -0.2) is 24.0 Å². The number of methoxy groups -OCH3 is 1. The summed E-state index contributed by atoms with van der Waals surface area (Å²) < 4.78 is 7.41. The Kier molecular flexibility index (Phi) is 5.63. The minimum Gasteiger partial charge on any atom is -0.496 e. The van der Waals surface area contributed by atoms with Crippen molar-refractivity contribution in [2.24, 2.45) is 10.1 Å². The number of thiazole rings is 1. The zero-order valence-corrected chi connectivity index (χ0v) is 15.8. The Balaban J connectivity index is 2.19. The van der Waals surface area contributed by atoms with Crippen molar-refractivity contribution in [1.29, 1.82) is 0 Å². The molecule has 0 saturated carbocycles. The van der Waals surface area contributed by atoms with Crippen LogP contribution in [0.3, 0.4) is 0 Å². The van der Waals surface area contributed by atoms with Crippen LogP contribution in [0, 0.1) is 0 Å². The van der Waals surface area contributed by atoms with E-state index in [-0.39, 0.29) is 0 Å². The van der Waals surface area contributed by atoms with E-state index in [0.29, 0.717) is 6.54 Å². The zero-order valence-electron chi connectivity index (χ0n) is 14.2. The van der Waals surface area contributed by atoms with Crippen molar-refractivity contribution in [1.82, 2.24) is 4.68 Å². The molecule has 3 aromatic rings. The number of nitrogens with zero attached hydrogens (tertiary/aromatic N) is 3. The second-order valence-corrected chi connectivity index (χ2v) is 6.99. The minimum absolute atomic E-state index is 0.555. The molecule has 2 aromatic heterocycles. The Bertz CT molecular complexity index is 949. The summed E-state index contributed by atoms with van der Waals surface area (Å²) in [6.45, 7) is 6.32. The lowest BCUT2D eigenvalue weighted by atomic mass is 10.1. The maximum Gasteiger partial charge on any atom is 0.206 e. The van der Waals surface area contributed by atoms with Crippen molar-refractivity contribution >= 4 is 28.4 Å². The Morgan fingerprint density at radius 2 is 2.08 bits per heavy atom. The maximum absolute atomic E-state index is 5.52. The quantitative estimate of drug-likeness (QED) is 0.461. The van der Waals surface area contributed by atoms with Gasteiger partial charge in [-0.2, -0.15) is 5.10 Å². The molecule has 4 nitrogen and oxygen atoms in total. The lowest BCUT2D eigenvalue weighted by molar-refractivity contribution is 0.416. The highest BCUT2D eigenvalue weighted by atomic mass is 32.1. The first-order chi connectivity index (χ1) is 12.2. The molecule has 0 N–H and O–H groups in total. The highest BCUT2D eigenvalue weighted by Crippen LogP contribution is 2.30. The fourth-order valence-corrected chi connectivity index (χ4v) is 3.88. The van der Waals surface area contributed by atoms with E-state index in [1.807, 2.05) is 41.9 Å². The molecule has 0 unspecified atom stereocenters. The van der Waals surface area contributed by atoms with Crippen LogP contribution in [0.1, 0.15) is 11.8 Å². The number of rotatable bonds is 6. The number of hydrogen-bond acceptors (Lipinski definition) is 5. The predicted molar refractivity (Wildman–Crippen MR) is 107 cm³/mol. The molecule has 6 heteroatoms. The molecular formula is C19H19N3OS2. The Morgan fingerprint density at radius 1 is 1.24 bits per heavy atom. The van der Waals surface area contributed by atoms with Gasteiger partial charge >= 0.3 is 0 Å². The van der Waals surface area contributed by atoms with E-state index in [2.05, 4.69) is 28.4 Å². The first-order valence-electron chi connectivity index (χ1n) is 7.79. The van der Waals surface area contributed by atoms with E-state index < -0.39 is 0 Å². The summed E-state index contributed by atoms with van der Waals surface area (Å²) in [4.78, 5) is 6.55. The number of hydrogen-bond donors (Lipinski definition) is 0. The molecule has 0 fully saturated rings. The summed E-state index contributed by atoms with van der Waals surface area (Å²) >= 11 is 3.23. The molecule has 128 valence electrons. The number of benzene rings is 1. The zero-order chi connectivity index (χ0) is 17.6. The van der Waals surface area contributed by atoms with Crippen LogP contribution in [0.15, 0.2) is 69.9 Å². The van der Waals surface area contributed by atoms with E-state index in [1.165, 1.54) is 0 Å². The van der Waals surface area contributed by atoms with Gasteiger partial charge < -0.3 is 4.74 Å². The predicted octanol–water partition coefficient (Wildman–Crippen LogP) is 4.65. The Morgan fingerprint density at radius 3 is 2.80 bits per heavy atom. The maximum atomic E-state index is 5.52. The molecule has 2 heterocycles. The highest BCUT2D eigenvalue weighted by molar-refractivity contribution is 7.12. The van der Waals surface area contributed by atoms with Gasteiger partial charge in [0.2, 0.25) is 4.80 Å². The average molecular weight is 370 g/mol. The molecule has 3 rings (SSSR count). The van der Waals surface area contributed by atoms with Gasteiger partial charge in [-0.15, -0.1) is 29.3 Å². The van der Waals surface area contributed by atoms with Crippen LogP contribution in [-0.2, 0) is 0 Å². The van der Waals surface area contributed by atoms with Crippen molar-refractivity contribution < 1.29 is 4.74 Å². The van der Waals surface area contributed by atoms with Crippen LogP contribution >= 0.6 is 22.7 Å². The summed E-state index contributed by atoms with van der Waals surface area (Å²) in [6, 6.07) is 12.0. The van der Waals surface area contributed by atoms with Crippen LogP contribution < -0.4 is 9.54 Å². The lowest BCUT2D eigenvalue weighted by Gasteiger charge is -2.09. The van der Waals surface area contributed by atoms with Crippen molar-refractivity contribution in [3.63, 3.8) is 0 Å². The monoisotopic (exact) mass is 369 g/mol. The second-order valence-electron chi connectivity index (χ2n) is 5.21. The van der Waals surface area contributed by atoms with Gasteiger partial charge in [0.1, 0.15) is 5.75 Å². The van der Waals surface area contributed by atoms with Crippen molar-refractivity contribution in [3.8, 4) is 17.0 Å². The van der Waals surface area contributed by atoms with Gasteiger partial charge in [-0.05, 0) is 30.5 Å². The average Bonchev–Trinajstić information content (AvgIpc) is 3.30. The molecule has 0 atom stereocenters. The summed E-state index contributed by atoms with van der Waals surface area (Å²) in [5.74, 6) is 0.813. The fraction of sp³-hybridized carbons (Fsp3) is 0.158. The van der Waals surface area contributed by atoms with Gasteiger partial charge in [-0.1, -0.05) is 24.3 Å². The van der Waals surface area contributed by atoms with Gasteiger partial charge in [0.25, 0.3) is 0 Å². The Labute approximate surface area is 155 Å². The largest absolute Gasteiger partial charge is 0.496 e. The van der Waals surface area contributed by atoms with Crippen LogP contribution in [0.4, 0.5) is 0 Å². The molecule has 0 radical (unpaired) electrons. The molecule has 0 aliphatic heterocycles.